The van der Waals surface area contributed by atoms with Gasteiger partial charge >= 0.3 is 0 Å². The maximum absolute atomic E-state index is 13.8. The third kappa shape index (κ3) is 5.22. The van der Waals surface area contributed by atoms with Crippen molar-refractivity contribution in [1.82, 2.24) is 0 Å². The van der Waals surface area contributed by atoms with Crippen molar-refractivity contribution >= 4 is 23.4 Å². The van der Waals surface area contributed by atoms with Crippen LogP contribution in [-0.2, 0) is 0 Å². The van der Waals surface area contributed by atoms with Crippen molar-refractivity contribution in [2.24, 2.45) is 0 Å². The van der Waals surface area contributed by atoms with Gasteiger partial charge in [-0.3, -0.25) is 4.79 Å². The molecule has 2 rings (SSSR count). The second kappa shape index (κ2) is 8.89. The van der Waals surface area contributed by atoms with Crippen LogP contribution in [0.2, 0.25) is 0 Å². The highest BCUT2D eigenvalue weighted by Crippen LogP contribution is 2.25. The summed E-state index contributed by atoms with van der Waals surface area (Å²) in [5.41, 5.74) is -0.0765. The summed E-state index contributed by atoms with van der Waals surface area (Å²) in [6.07, 6.45) is 3.03. The Morgan fingerprint density at radius 2 is 1.68 bits per heavy atom. The van der Waals surface area contributed by atoms with Crippen LogP contribution in [0.25, 0.3) is 0 Å². The standard InChI is InChI=1S/C18H17F4NOS/c1-2-3-4-7-25-16-8-11(5-6-13(16)19)18(24)23-12-9-14(20)17(22)15(21)10-12/h5-6,8-10H,2-4,7H2,1H3,(H,23,24). The van der Waals surface area contributed by atoms with Gasteiger partial charge < -0.3 is 5.32 Å². The van der Waals surface area contributed by atoms with Crippen molar-refractivity contribution < 1.29 is 22.4 Å². The van der Waals surface area contributed by atoms with Gasteiger partial charge in [0, 0.05) is 28.3 Å². The van der Waals surface area contributed by atoms with Crippen LogP contribution < -0.4 is 5.32 Å². The molecular formula is C18H17F4NOS. The van der Waals surface area contributed by atoms with Crippen molar-refractivity contribution in [1.29, 1.82) is 0 Å². The van der Waals surface area contributed by atoms with Crippen LogP contribution in [0.5, 0.6) is 0 Å². The summed E-state index contributed by atoms with van der Waals surface area (Å²) < 4.78 is 53.1. The van der Waals surface area contributed by atoms with Gasteiger partial charge in [0.15, 0.2) is 17.5 Å². The van der Waals surface area contributed by atoms with Crippen molar-refractivity contribution in [3.8, 4) is 0 Å². The van der Waals surface area contributed by atoms with Crippen molar-refractivity contribution in [3.05, 3.63) is 59.2 Å². The van der Waals surface area contributed by atoms with Gasteiger partial charge in [0.25, 0.3) is 5.91 Å². The molecule has 0 aliphatic heterocycles. The lowest BCUT2D eigenvalue weighted by molar-refractivity contribution is 0.102. The van der Waals surface area contributed by atoms with E-state index in [1.807, 2.05) is 0 Å². The number of benzene rings is 2. The number of hydrogen-bond donors (Lipinski definition) is 1. The molecule has 0 radical (unpaired) electrons. The molecule has 2 aromatic rings. The SMILES string of the molecule is CCCCCSc1cc(C(=O)Nc2cc(F)c(F)c(F)c2)ccc1F. The lowest BCUT2D eigenvalue weighted by Gasteiger charge is -2.09. The highest BCUT2D eigenvalue weighted by Gasteiger charge is 2.14. The normalized spacial score (nSPS) is 10.8. The Morgan fingerprint density at radius 1 is 1.00 bits per heavy atom. The third-order valence-corrected chi connectivity index (χ3v) is 4.56. The van der Waals surface area contributed by atoms with Crippen molar-refractivity contribution in [2.75, 3.05) is 11.1 Å². The van der Waals surface area contributed by atoms with Gasteiger partial charge in [-0.05, 0) is 30.4 Å². The molecule has 1 amide bonds. The number of carbonyl (C=O) groups is 1. The molecule has 0 aromatic heterocycles. The van der Waals surface area contributed by atoms with Crippen molar-refractivity contribution in [3.63, 3.8) is 0 Å². The molecule has 0 saturated carbocycles. The molecule has 2 aromatic carbocycles. The molecule has 0 fully saturated rings. The third-order valence-electron chi connectivity index (χ3n) is 3.44. The number of unbranched alkanes of at least 4 members (excludes halogenated alkanes) is 2. The van der Waals surface area contributed by atoms with E-state index in [9.17, 15) is 22.4 Å². The molecule has 134 valence electrons. The number of anilines is 1. The second-order valence-corrected chi connectivity index (χ2v) is 6.55. The molecular weight excluding hydrogens is 354 g/mol. The van der Waals surface area contributed by atoms with Crippen LogP contribution in [0.15, 0.2) is 35.2 Å². The Hall–Kier alpha value is -2.02. The topological polar surface area (TPSA) is 29.1 Å². The minimum absolute atomic E-state index is 0.143. The van der Waals surface area contributed by atoms with Gasteiger partial charge in [-0.2, -0.15) is 0 Å². The summed E-state index contributed by atoms with van der Waals surface area (Å²) in [4.78, 5) is 12.5. The summed E-state index contributed by atoms with van der Waals surface area (Å²) in [6.45, 7) is 2.07. The van der Waals surface area contributed by atoms with E-state index in [1.165, 1.54) is 30.0 Å². The summed E-state index contributed by atoms with van der Waals surface area (Å²) in [7, 11) is 0. The number of rotatable bonds is 7. The van der Waals surface area contributed by atoms with Gasteiger partial charge in [0.1, 0.15) is 5.82 Å². The zero-order chi connectivity index (χ0) is 18.4. The predicted octanol–water partition coefficient (Wildman–Crippen LogP) is 5.78. The number of nitrogens with one attached hydrogen (secondary N) is 1. The number of carbonyl (C=O) groups excluding carboxylic acids is 1. The zero-order valence-electron chi connectivity index (χ0n) is 13.5. The molecule has 0 saturated heterocycles. The van der Waals surface area contributed by atoms with Crippen LogP contribution in [0, 0.1) is 23.3 Å². The Labute approximate surface area is 147 Å². The molecule has 1 N–H and O–H groups in total. The summed E-state index contributed by atoms with van der Waals surface area (Å²) in [5, 5.41) is 2.27. The fourth-order valence-electron chi connectivity index (χ4n) is 2.12. The van der Waals surface area contributed by atoms with Crippen LogP contribution in [0.4, 0.5) is 23.2 Å². The lowest BCUT2D eigenvalue weighted by Crippen LogP contribution is -2.13. The van der Waals surface area contributed by atoms with E-state index in [0.717, 1.165) is 25.0 Å². The average Bonchev–Trinajstić information content (AvgIpc) is 2.57. The molecule has 7 heteroatoms. The molecule has 0 aliphatic carbocycles. The van der Waals surface area contributed by atoms with E-state index < -0.39 is 29.2 Å². The van der Waals surface area contributed by atoms with E-state index in [-0.39, 0.29) is 11.3 Å². The first-order chi connectivity index (χ1) is 11.9. The molecule has 25 heavy (non-hydrogen) atoms. The minimum atomic E-state index is -1.61. The highest BCUT2D eigenvalue weighted by atomic mass is 32.2. The van der Waals surface area contributed by atoms with Crippen molar-refractivity contribution in [2.45, 2.75) is 31.1 Å². The van der Waals surface area contributed by atoms with Gasteiger partial charge in [-0.25, -0.2) is 17.6 Å². The second-order valence-electron chi connectivity index (χ2n) is 5.41. The van der Waals surface area contributed by atoms with E-state index in [4.69, 9.17) is 0 Å². The van der Waals surface area contributed by atoms with E-state index in [2.05, 4.69) is 12.2 Å². The van der Waals surface area contributed by atoms with E-state index in [0.29, 0.717) is 17.0 Å². The van der Waals surface area contributed by atoms with E-state index in [1.54, 1.807) is 0 Å². The Kier molecular flexibility index (Phi) is 6.87. The predicted molar refractivity (Wildman–Crippen MR) is 90.9 cm³/mol. The van der Waals surface area contributed by atoms with E-state index >= 15 is 0 Å². The Bertz CT molecular complexity index is 744. The monoisotopic (exact) mass is 371 g/mol. The maximum atomic E-state index is 13.8. The van der Waals surface area contributed by atoms with Gasteiger partial charge in [0.05, 0.1) is 0 Å². The average molecular weight is 371 g/mol. The quantitative estimate of drug-likeness (QED) is 0.289. The number of hydrogen-bond acceptors (Lipinski definition) is 2. The first-order valence-electron chi connectivity index (χ1n) is 7.80. The fourth-order valence-corrected chi connectivity index (χ4v) is 3.10. The summed E-state index contributed by atoms with van der Waals surface area (Å²) in [5.74, 6) is -4.78. The molecule has 0 spiro atoms. The zero-order valence-corrected chi connectivity index (χ0v) is 14.4. The fraction of sp³-hybridized carbons (Fsp3) is 0.278. The van der Waals surface area contributed by atoms with Crippen LogP contribution in [-0.4, -0.2) is 11.7 Å². The first kappa shape index (κ1) is 19.3. The smallest absolute Gasteiger partial charge is 0.255 e. The Balaban J connectivity index is 2.11. The molecule has 0 heterocycles. The van der Waals surface area contributed by atoms with Crippen LogP contribution >= 0.6 is 11.8 Å². The van der Waals surface area contributed by atoms with Gasteiger partial charge in [-0.15, -0.1) is 11.8 Å². The van der Waals surface area contributed by atoms with Gasteiger partial charge in [0.2, 0.25) is 0 Å². The Morgan fingerprint density at radius 3 is 2.32 bits per heavy atom. The van der Waals surface area contributed by atoms with Crippen LogP contribution in [0.1, 0.15) is 36.5 Å². The molecule has 2 nitrogen and oxygen atoms in total. The van der Waals surface area contributed by atoms with Crippen LogP contribution in [0.3, 0.4) is 0 Å². The molecule has 0 aliphatic rings. The highest BCUT2D eigenvalue weighted by molar-refractivity contribution is 7.99. The minimum Gasteiger partial charge on any atom is -0.322 e. The molecule has 0 atom stereocenters. The number of thioether (sulfide) groups is 1. The number of halogens is 4. The lowest BCUT2D eigenvalue weighted by atomic mass is 10.2. The summed E-state index contributed by atoms with van der Waals surface area (Å²) >= 11 is 1.31. The number of amides is 1. The van der Waals surface area contributed by atoms with Gasteiger partial charge in [-0.1, -0.05) is 19.8 Å². The maximum Gasteiger partial charge on any atom is 0.255 e. The summed E-state index contributed by atoms with van der Waals surface area (Å²) in [6, 6.07) is 5.19. The molecule has 0 bridgehead atoms. The first-order valence-corrected chi connectivity index (χ1v) is 8.79. The molecule has 0 unspecified atom stereocenters. The largest absolute Gasteiger partial charge is 0.322 e.